The van der Waals surface area contributed by atoms with Crippen molar-refractivity contribution in [2.75, 3.05) is 0 Å². The molecule has 27 heavy (non-hydrogen) atoms. The van der Waals surface area contributed by atoms with E-state index in [9.17, 15) is 15.1 Å². The van der Waals surface area contributed by atoms with Crippen LogP contribution in [0, 0.1) is 0 Å². The Kier molecular flexibility index (Phi) is 5.04. The minimum atomic E-state index is -0.257. The monoisotopic (exact) mass is 364 g/mol. The Morgan fingerprint density at radius 3 is 2.22 bits per heavy atom. The van der Waals surface area contributed by atoms with E-state index in [1.54, 1.807) is 18.2 Å². The van der Waals surface area contributed by atoms with Gasteiger partial charge < -0.3 is 10.3 Å². The van der Waals surface area contributed by atoms with Gasteiger partial charge in [0.1, 0.15) is 22.7 Å². The van der Waals surface area contributed by atoms with Crippen LogP contribution in [0.15, 0.2) is 52.4 Å². The summed E-state index contributed by atoms with van der Waals surface area (Å²) in [5.74, 6) is -0.0766. The topological polar surface area (TPSA) is 75.3 Å². The summed E-state index contributed by atoms with van der Waals surface area (Å²) >= 11 is 0. The van der Waals surface area contributed by atoms with E-state index >= 15 is 0 Å². The van der Waals surface area contributed by atoms with Crippen LogP contribution in [0.4, 0.5) is 0 Å². The van der Waals surface area contributed by atoms with Crippen LogP contribution in [0.5, 0.6) is 5.75 Å². The van der Waals surface area contributed by atoms with E-state index in [1.165, 1.54) is 6.07 Å². The van der Waals surface area contributed by atoms with E-state index in [0.717, 1.165) is 27.0 Å². The first-order valence-corrected chi connectivity index (χ1v) is 8.94. The van der Waals surface area contributed by atoms with Crippen molar-refractivity contribution in [1.29, 1.82) is 0 Å². The number of fused-ring (bicyclic) bond motifs is 2. The van der Waals surface area contributed by atoms with Crippen LogP contribution in [0.3, 0.4) is 0 Å². The van der Waals surface area contributed by atoms with Crippen LogP contribution in [-0.4, -0.2) is 20.0 Å². The fourth-order valence-electron chi connectivity index (χ4n) is 3.07. The second-order valence-electron chi connectivity index (χ2n) is 7.26. The van der Waals surface area contributed by atoms with Gasteiger partial charge in [0.05, 0.1) is 5.52 Å². The van der Waals surface area contributed by atoms with Gasteiger partial charge in [0, 0.05) is 0 Å². The SMILES string of the molecule is CC(C)=CCc1ccc(=O)c2nc3c(CC=C(C)C)ccc(O)c3n(O)c1-2. The van der Waals surface area contributed by atoms with Crippen LogP contribution >= 0.6 is 0 Å². The Labute approximate surface area is 158 Å². The van der Waals surface area contributed by atoms with Gasteiger partial charge in [0.2, 0.25) is 5.43 Å². The highest BCUT2D eigenvalue weighted by atomic mass is 16.5. The van der Waals surface area contributed by atoms with Gasteiger partial charge in [-0.1, -0.05) is 35.4 Å². The second-order valence-corrected chi connectivity index (χ2v) is 7.26. The number of hydrogen-bond acceptors (Lipinski definition) is 4. The highest BCUT2D eigenvalue weighted by Gasteiger charge is 2.22. The molecule has 3 rings (SSSR count). The number of allylic oxidation sites excluding steroid dienone is 4. The lowest BCUT2D eigenvalue weighted by molar-refractivity contribution is 0.199. The molecule has 1 aromatic rings. The third-order valence-corrected chi connectivity index (χ3v) is 4.52. The first kappa shape index (κ1) is 18.7. The number of hydrogen-bond donors (Lipinski definition) is 2. The number of aromatic nitrogens is 2. The van der Waals surface area contributed by atoms with Gasteiger partial charge in [-0.05, 0) is 63.8 Å². The van der Waals surface area contributed by atoms with Crippen LogP contribution in [0.25, 0.3) is 22.4 Å². The summed E-state index contributed by atoms with van der Waals surface area (Å²) in [6.45, 7) is 7.99. The number of rotatable bonds is 4. The molecule has 0 saturated carbocycles. The van der Waals surface area contributed by atoms with Gasteiger partial charge in [-0.2, -0.15) is 4.73 Å². The number of phenols is 1. The van der Waals surface area contributed by atoms with Crippen molar-refractivity contribution in [3.8, 4) is 17.1 Å². The van der Waals surface area contributed by atoms with E-state index in [1.807, 2.05) is 39.8 Å². The maximum atomic E-state index is 12.5. The molecule has 0 saturated heterocycles. The van der Waals surface area contributed by atoms with Crippen LogP contribution in [0.1, 0.15) is 38.8 Å². The average molecular weight is 364 g/mol. The molecule has 0 spiro atoms. The van der Waals surface area contributed by atoms with E-state index in [4.69, 9.17) is 0 Å². The van der Waals surface area contributed by atoms with Crippen molar-refractivity contribution in [3.05, 3.63) is 68.9 Å². The molecule has 0 unspecified atom stereocenters. The van der Waals surface area contributed by atoms with E-state index < -0.39 is 0 Å². The molecule has 0 atom stereocenters. The van der Waals surface area contributed by atoms with Gasteiger partial charge in [-0.15, -0.1) is 0 Å². The van der Waals surface area contributed by atoms with E-state index in [2.05, 4.69) is 4.98 Å². The summed E-state index contributed by atoms with van der Waals surface area (Å²) < 4.78 is 0.911. The number of aromatic hydroxyl groups is 1. The summed E-state index contributed by atoms with van der Waals surface area (Å²) in [5.41, 5.74) is 4.83. The molecular weight excluding hydrogens is 340 g/mol. The minimum absolute atomic E-state index is 0.0766. The van der Waals surface area contributed by atoms with Crippen LogP contribution < -0.4 is 5.43 Å². The molecule has 0 aromatic heterocycles. The zero-order valence-corrected chi connectivity index (χ0v) is 16.1. The summed E-state index contributed by atoms with van der Waals surface area (Å²) in [6.07, 6.45) is 5.23. The van der Waals surface area contributed by atoms with Crippen molar-refractivity contribution in [1.82, 2.24) is 9.71 Å². The predicted molar refractivity (Wildman–Crippen MR) is 108 cm³/mol. The number of benzene rings is 2. The molecule has 1 heterocycles. The molecule has 0 amide bonds. The Morgan fingerprint density at radius 2 is 1.59 bits per heavy atom. The molecule has 0 fully saturated rings. The summed E-state index contributed by atoms with van der Waals surface area (Å²) in [7, 11) is 0. The number of phenolic OH excluding ortho intramolecular Hbond substituents is 1. The molecule has 5 nitrogen and oxygen atoms in total. The van der Waals surface area contributed by atoms with Crippen molar-refractivity contribution < 1.29 is 10.3 Å². The summed E-state index contributed by atoms with van der Waals surface area (Å²) in [5, 5.41) is 21.3. The Balaban J connectivity index is 2.37. The Hall–Kier alpha value is -3.08. The van der Waals surface area contributed by atoms with E-state index in [0.29, 0.717) is 24.1 Å². The molecule has 1 aliphatic heterocycles. The average Bonchev–Trinajstić information content (AvgIpc) is 2.60. The normalized spacial score (nSPS) is 11.0. The molecule has 1 aromatic carbocycles. The molecule has 5 heteroatoms. The highest BCUT2D eigenvalue weighted by molar-refractivity contribution is 5.88. The fraction of sp³-hybridized carbons (Fsp3) is 0.273. The third-order valence-electron chi connectivity index (χ3n) is 4.52. The standard InChI is InChI=1S/C22H24N2O3/c1-13(2)5-7-15-9-12-18(26)22-19(15)23-20-17(25)11-10-16(8-6-14(3)4)21(20)24(22)27/h5-6,9-12,26-27H,7-8H2,1-4H3. The van der Waals surface area contributed by atoms with Crippen molar-refractivity contribution in [3.63, 3.8) is 0 Å². The zero-order chi connectivity index (χ0) is 19.7. The summed E-state index contributed by atoms with van der Waals surface area (Å²) in [6, 6.07) is 6.50. The minimum Gasteiger partial charge on any atom is -0.506 e. The van der Waals surface area contributed by atoms with Crippen LogP contribution in [-0.2, 0) is 12.8 Å². The van der Waals surface area contributed by atoms with Crippen LogP contribution in [0.2, 0.25) is 0 Å². The predicted octanol–water partition coefficient (Wildman–Crippen LogP) is 4.46. The third kappa shape index (κ3) is 3.58. The second kappa shape index (κ2) is 7.27. The zero-order valence-electron chi connectivity index (χ0n) is 16.1. The van der Waals surface area contributed by atoms with Gasteiger partial charge in [0.15, 0.2) is 0 Å². The molecule has 0 radical (unpaired) electrons. The first-order chi connectivity index (χ1) is 12.8. The number of nitrogens with zero attached hydrogens (tertiary/aromatic N) is 2. The van der Waals surface area contributed by atoms with Crippen molar-refractivity contribution >= 4 is 11.0 Å². The highest BCUT2D eigenvalue weighted by Crippen LogP contribution is 2.32. The smallest absolute Gasteiger partial charge is 0.206 e. The fourth-order valence-corrected chi connectivity index (χ4v) is 3.07. The van der Waals surface area contributed by atoms with Gasteiger partial charge in [-0.3, -0.25) is 4.79 Å². The molecule has 140 valence electrons. The molecular formula is C22H24N2O3. The van der Waals surface area contributed by atoms with Gasteiger partial charge >= 0.3 is 0 Å². The van der Waals surface area contributed by atoms with Gasteiger partial charge in [0.25, 0.3) is 0 Å². The van der Waals surface area contributed by atoms with Crippen molar-refractivity contribution in [2.45, 2.75) is 40.5 Å². The lowest BCUT2D eigenvalue weighted by Crippen LogP contribution is -2.16. The largest absolute Gasteiger partial charge is 0.506 e. The lowest BCUT2D eigenvalue weighted by Gasteiger charge is -2.18. The Morgan fingerprint density at radius 1 is 1.00 bits per heavy atom. The Bertz CT molecular complexity index is 1100. The quantitative estimate of drug-likeness (QED) is 0.407. The molecule has 2 aliphatic rings. The first-order valence-electron chi connectivity index (χ1n) is 8.94. The van der Waals surface area contributed by atoms with Gasteiger partial charge in [-0.25, -0.2) is 4.98 Å². The maximum absolute atomic E-state index is 12.5. The molecule has 1 aliphatic carbocycles. The molecule has 0 bridgehead atoms. The summed E-state index contributed by atoms with van der Waals surface area (Å²) in [4.78, 5) is 17.0. The van der Waals surface area contributed by atoms with Crippen molar-refractivity contribution in [2.24, 2.45) is 0 Å². The lowest BCUT2D eigenvalue weighted by atomic mass is 10.0. The van der Waals surface area contributed by atoms with E-state index in [-0.39, 0.29) is 22.4 Å². The maximum Gasteiger partial charge on any atom is 0.206 e. The molecule has 2 N–H and O–H groups in total.